The number of rotatable bonds is 3. The first-order valence-corrected chi connectivity index (χ1v) is 6.69. The number of aryl methyl sites for hydroxylation is 1. The molecule has 0 spiro atoms. The van der Waals surface area contributed by atoms with Crippen LogP contribution in [0.5, 0.6) is 5.75 Å². The molecular formula is C14H17BrN2O. The van der Waals surface area contributed by atoms with Gasteiger partial charge >= 0.3 is 0 Å². The zero-order valence-electron chi connectivity index (χ0n) is 11.1. The quantitative estimate of drug-likeness (QED) is 0.857. The van der Waals surface area contributed by atoms with Crippen LogP contribution in [0.15, 0.2) is 29.1 Å². The molecule has 18 heavy (non-hydrogen) atoms. The van der Waals surface area contributed by atoms with Gasteiger partial charge in [-0.1, -0.05) is 19.9 Å². The highest BCUT2D eigenvalue weighted by Gasteiger charge is 2.15. The van der Waals surface area contributed by atoms with Gasteiger partial charge in [0.2, 0.25) is 0 Å². The van der Waals surface area contributed by atoms with Gasteiger partial charge in [0.1, 0.15) is 10.4 Å². The Balaban J connectivity index is 2.58. The summed E-state index contributed by atoms with van der Waals surface area (Å²) in [7, 11) is 3.68. The van der Waals surface area contributed by atoms with E-state index in [0.717, 1.165) is 21.6 Å². The summed E-state index contributed by atoms with van der Waals surface area (Å²) >= 11 is 3.48. The van der Waals surface area contributed by atoms with Crippen molar-refractivity contribution in [3.63, 3.8) is 0 Å². The van der Waals surface area contributed by atoms with Crippen LogP contribution in [0.25, 0.3) is 11.3 Å². The maximum Gasteiger partial charge on any atom is 0.132 e. The van der Waals surface area contributed by atoms with Crippen molar-refractivity contribution in [1.29, 1.82) is 0 Å². The predicted octanol–water partition coefficient (Wildman–Crippen LogP) is 3.98. The van der Waals surface area contributed by atoms with E-state index in [4.69, 9.17) is 4.74 Å². The van der Waals surface area contributed by atoms with E-state index in [-0.39, 0.29) is 0 Å². The Morgan fingerprint density at radius 3 is 2.56 bits per heavy atom. The third-order valence-corrected chi connectivity index (χ3v) is 3.62. The molecule has 2 aromatic rings. The van der Waals surface area contributed by atoms with E-state index in [1.165, 1.54) is 5.56 Å². The maximum atomic E-state index is 5.51. The molecule has 0 atom stereocenters. The van der Waals surface area contributed by atoms with Gasteiger partial charge in [0.25, 0.3) is 0 Å². The molecule has 1 aromatic carbocycles. The lowest BCUT2D eigenvalue weighted by Gasteiger charge is -2.13. The third-order valence-electron chi connectivity index (χ3n) is 3.04. The van der Waals surface area contributed by atoms with Crippen LogP contribution in [0.1, 0.15) is 25.3 Å². The second kappa shape index (κ2) is 5.14. The monoisotopic (exact) mass is 308 g/mol. The van der Waals surface area contributed by atoms with Crippen molar-refractivity contribution < 1.29 is 4.74 Å². The van der Waals surface area contributed by atoms with Crippen LogP contribution in [0.2, 0.25) is 0 Å². The van der Waals surface area contributed by atoms with Crippen molar-refractivity contribution in [3.8, 4) is 17.0 Å². The van der Waals surface area contributed by atoms with Gasteiger partial charge in [0.15, 0.2) is 0 Å². The summed E-state index contributed by atoms with van der Waals surface area (Å²) in [6, 6.07) is 6.33. The number of imidazole rings is 1. The van der Waals surface area contributed by atoms with Crippen LogP contribution in [-0.4, -0.2) is 16.7 Å². The molecule has 0 saturated heterocycles. The molecule has 2 rings (SSSR count). The van der Waals surface area contributed by atoms with Gasteiger partial charge < -0.3 is 9.30 Å². The van der Waals surface area contributed by atoms with Gasteiger partial charge in [-0.15, -0.1) is 0 Å². The SMILES string of the molecule is COc1cc(C(C)C)ccc1-c1c(Br)ncn1C. The first-order chi connectivity index (χ1) is 8.54. The average molecular weight is 309 g/mol. The van der Waals surface area contributed by atoms with E-state index in [2.05, 4.69) is 53.0 Å². The van der Waals surface area contributed by atoms with Crippen molar-refractivity contribution in [3.05, 3.63) is 34.7 Å². The van der Waals surface area contributed by atoms with Gasteiger partial charge in [-0.25, -0.2) is 4.98 Å². The summed E-state index contributed by atoms with van der Waals surface area (Å²) in [6.07, 6.45) is 1.79. The van der Waals surface area contributed by atoms with Gasteiger partial charge in [-0.2, -0.15) is 0 Å². The lowest BCUT2D eigenvalue weighted by Crippen LogP contribution is -1.96. The number of benzene rings is 1. The third kappa shape index (κ3) is 2.29. The fourth-order valence-electron chi connectivity index (χ4n) is 1.97. The van der Waals surface area contributed by atoms with Crippen LogP contribution in [0.3, 0.4) is 0 Å². The molecule has 0 saturated carbocycles. The molecule has 0 N–H and O–H groups in total. The first kappa shape index (κ1) is 13.1. The zero-order valence-corrected chi connectivity index (χ0v) is 12.7. The molecule has 0 radical (unpaired) electrons. The molecule has 0 aliphatic carbocycles. The van der Waals surface area contributed by atoms with E-state index in [1.807, 2.05) is 11.6 Å². The van der Waals surface area contributed by atoms with Crippen molar-refractivity contribution in [2.24, 2.45) is 7.05 Å². The Kier molecular flexibility index (Phi) is 3.76. The minimum atomic E-state index is 0.489. The van der Waals surface area contributed by atoms with Crippen LogP contribution in [0.4, 0.5) is 0 Å². The average Bonchev–Trinajstić information content (AvgIpc) is 2.68. The molecule has 0 amide bonds. The minimum absolute atomic E-state index is 0.489. The highest BCUT2D eigenvalue weighted by atomic mass is 79.9. The van der Waals surface area contributed by atoms with Gasteiger partial charge in [-0.3, -0.25) is 0 Å². The molecule has 0 bridgehead atoms. The molecule has 3 nitrogen and oxygen atoms in total. The van der Waals surface area contributed by atoms with E-state index < -0.39 is 0 Å². The van der Waals surface area contributed by atoms with Crippen molar-refractivity contribution >= 4 is 15.9 Å². The number of halogens is 1. The van der Waals surface area contributed by atoms with Crippen molar-refractivity contribution in [1.82, 2.24) is 9.55 Å². The minimum Gasteiger partial charge on any atom is -0.496 e. The number of ether oxygens (including phenoxy) is 1. The number of hydrogen-bond acceptors (Lipinski definition) is 2. The fraction of sp³-hybridized carbons (Fsp3) is 0.357. The van der Waals surface area contributed by atoms with E-state index in [9.17, 15) is 0 Å². The van der Waals surface area contributed by atoms with Gasteiger partial charge in [-0.05, 0) is 39.5 Å². The smallest absolute Gasteiger partial charge is 0.132 e. The largest absolute Gasteiger partial charge is 0.496 e. The second-order valence-electron chi connectivity index (χ2n) is 4.61. The number of hydrogen-bond donors (Lipinski definition) is 0. The summed E-state index contributed by atoms with van der Waals surface area (Å²) < 4.78 is 8.33. The number of methoxy groups -OCH3 is 1. The molecule has 0 aliphatic heterocycles. The summed E-state index contributed by atoms with van der Waals surface area (Å²) in [5.41, 5.74) is 3.35. The zero-order chi connectivity index (χ0) is 13.3. The van der Waals surface area contributed by atoms with Crippen LogP contribution >= 0.6 is 15.9 Å². The molecule has 1 heterocycles. The summed E-state index contributed by atoms with van der Waals surface area (Å²) in [6.45, 7) is 4.35. The summed E-state index contributed by atoms with van der Waals surface area (Å²) in [5.74, 6) is 1.37. The van der Waals surface area contributed by atoms with Crippen molar-refractivity contribution in [2.45, 2.75) is 19.8 Å². The molecule has 1 aromatic heterocycles. The van der Waals surface area contributed by atoms with Crippen molar-refractivity contribution in [2.75, 3.05) is 7.11 Å². The molecule has 96 valence electrons. The molecule has 0 aliphatic rings. The Labute approximate surface area is 116 Å². The number of nitrogens with zero attached hydrogens (tertiary/aromatic N) is 2. The highest BCUT2D eigenvalue weighted by molar-refractivity contribution is 9.10. The van der Waals surface area contributed by atoms with E-state index >= 15 is 0 Å². The molecule has 0 unspecified atom stereocenters. The highest BCUT2D eigenvalue weighted by Crippen LogP contribution is 2.35. The Hall–Kier alpha value is -1.29. The van der Waals surface area contributed by atoms with Crippen LogP contribution in [-0.2, 0) is 7.05 Å². The van der Waals surface area contributed by atoms with Gasteiger partial charge in [0.05, 0.1) is 19.1 Å². The number of aromatic nitrogens is 2. The van der Waals surface area contributed by atoms with Crippen LogP contribution in [0, 0.1) is 0 Å². The lowest BCUT2D eigenvalue weighted by atomic mass is 10.00. The molecule has 0 fully saturated rings. The molecular weight excluding hydrogens is 292 g/mol. The standard InChI is InChI=1S/C14H17BrN2O/c1-9(2)10-5-6-11(12(7-10)18-4)13-14(15)16-8-17(13)3/h5-9H,1-4H3. The Bertz CT molecular complexity index is 541. The van der Waals surface area contributed by atoms with E-state index in [1.54, 1.807) is 13.4 Å². The first-order valence-electron chi connectivity index (χ1n) is 5.89. The Morgan fingerprint density at radius 2 is 2.06 bits per heavy atom. The van der Waals surface area contributed by atoms with Gasteiger partial charge in [0, 0.05) is 12.6 Å². The summed E-state index contributed by atoms with van der Waals surface area (Å²) in [5, 5.41) is 0. The summed E-state index contributed by atoms with van der Waals surface area (Å²) in [4.78, 5) is 4.25. The van der Waals surface area contributed by atoms with E-state index in [0.29, 0.717) is 5.92 Å². The fourth-order valence-corrected chi connectivity index (χ4v) is 2.55. The Morgan fingerprint density at radius 1 is 1.33 bits per heavy atom. The molecule has 4 heteroatoms. The predicted molar refractivity (Wildman–Crippen MR) is 77.0 cm³/mol. The normalized spacial score (nSPS) is 11.0. The topological polar surface area (TPSA) is 27.1 Å². The van der Waals surface area contributed by atoms with Crippen LogP contribution < -0.4 is 4.74 Å². The maximum absolute atomic E-state index is 5.51. The second-order valence-corrected chi connectivity index (χ2v) is 5.36. The lowest BCUT2D eigenvalue weighted by molar-refractivity contribution is 0.415.